The van der Waals surface area contributed by atoms with E-state index < -0.39 is 11.5 Å². The van der Waals surface area contributed by atoms with Crippen molar-refractivity contribution in [3.63, 3.8) is 0 Å². The van der Waals surface area contributed by atoms with Crippen LogP contribution in [-0.2, 0) is 11.3 Å². The fourth-order valence-electron chi connectivity index (χ4n) is 5.09. The van der Waals surface area contributed by atoms with Crippen molar-refractivity contribution in [1.29, 1.82) is 0 Å². The number of anilines is 1. The Morgan fingerprint density at radius 2 is 1.34 bits per heavy atom. The number of pyridine rings is 1. The van der Waals surface area contributed by atoms with E-state index in [-0.39, 0.29) is 17.7 Å². The average Bonchev–Trinajstić information content (AvgIpc) is 3.06. The Labute approximate surface area is 254 Å². The summed E-state index contributed by atoms with van der Waals surface area (Å²) in [6.45, 7) is 0.245. The number of hydrogen-bond donors (Lipinski definition) is 1. The third-order valence-electron chi connectivity index (χ3n) is 7.19. The number of nitrogens with zero attached hydrogens (tertiary/aromatic N) is 1. The van der Waals surface area contributed by atoms with E-state index in [1.54, 1.807) is 48.5 Å². The molecule has 0 spiro atoms. The van der Waals surface area contributed by atoms with Crippen LogP contribution in [0.1, 0.15) is 16.1 Å². The summed E-state index contributed by atoms with van der Waals surface area (Å²) in [4.78, 5) is 28.0. The number of nitrogen functional groups attached to an aromatic ring is 1. The molecule has 0 aliphatic heterocycles. The largest absolute Gasteiger partial charge is 0.493 e. The monoisotopic (exact) mass is 596 g/mol. The van der Waals surface area contributed by atoms with Gasteiger partial charge in [0.15, 0.2) is 23.0 Å². The highest BCUT2D eigenvalue weighted by molar-refractivity contribution is 6.08. The van der Waals surface area contributed by atoms with Gasteiger partial charge in [-0.2, -0.15) is 0 Å². The van der Waals surface area contributed by atoms with E-state index in [2.05, 4.69) is 0 Å². The molecule has 0 aliphatic rings. The summed E-state index contributed by atoms with van der Waals surface area (Å²) in [6, 6.07) is 22.9. The summed E-state index contributed by atoms with van der Waals surface area (Å²) in [5.74, 6) is 1.04. The third-order valence-corrected chi connectivity index (χ3v) is 7.19. The van der Waals surface area contributed by atoms with Crippen LogP contribution in [0.3, 0.4) is 0 Å². The van der Waals surface area contributed by atoms with Gasteiger partial charge in [0.1, 0.15) is 12.3 Å². The average molecular weight is 597 g/mol. The number of fused-ring (bicyclic) bond motifs is 1. The maximum atomic E-state index is 14.3. The van der Waals surface area contributed by atoms with Crippen LogP contribution in [0.5, 0.6) is 28.7 Å². The minimum absolute atomic E-state index is 0.0248. The zero-order valence-corrected chi connectivity index (χ0v) is 25.0. The van der Waals surface area contributed by atoms with Gasteiger partial charge in [-0.25, -0.2) is 4.79 Å². The van der Waals surface area contributed by atoms with Crippen molar-refractivity contribution < 1.29 is 33.2 Å². The molecule has 0 amide bonds. The molecule has 0 saturated heterocycles. The molecule has 4 aromatic carbocycles. The number of ether oxygens (including phenoxy) is 6. The molecule has 0 radical (unpaired) electrons. The minimum atomic E-state index is -0.743. The molecule has 0 bridgehead atoms. The topological polar surface area (TPSA) is 120 Å². The van der Waals surface area contributed by atoms with Gasteiger partial charge in [0.2, 0.25) is 5.75 Å². The number of esters is 1. The molecule has 5 rings (SSSR count). The first-order valence-electron chi connectivity index (χ1n) is 13.6. The van der Waals surface area contributed by atoms with Gasteiger partial charge in [-0.15, -0.1) is 0 Å². The molecular weight excluding hydrogens is 564 g/mol. The quantitative estimate of drug-likeness (QED) is 0.161. The van der Waals surface area contributed by atoms with Crippen LogP contribution >= 0.6 is 0 Å². The second-order valence-electron chi connectivity index (χ2n) is 9.68. The van der Waals surface area contributed by atoms with Gasteiger partial charge < -0.3 is 34.2 Å². The van der Waals surface area contributed by atoms with Crippen LogP contribution in [-0.4, -0.2) is 46.1 Å². The standard InChI is InChI=1S/C34H32N2O8/c1-39-26-18-25-24(17-27(26)44-19-20-9-7-6-8-10-20)30(21-15-28(40-2)32(42-4)29(16-21)41-3)31(34(38)43-5)36(33(25)37)23-13-11-22(35)12-14-23/h6-18H,19,35H2,1-5H3. The summed E-state index contributed by atoms with van der Waals surface area (Å²) in [6.07, 6.45) is 0. The van der Waals surface area contributed by atoms with Gasteiger partial charge in [-0.3, -0.25) is 9.36 Å². The first kappa shape index (κ1) is 29.8. The molecule has 10 heteroatoms. The minimum Gasteiger partial charge on any atom is -0.493 e. The van der Waals surface area contributed by atoms with Crippen molar-refractivity contribution in [3.8, 4) is 45.6 Å². The predicted octanol–water partition coefficient (Wildman–Crippen LogP) is 5.64. The van der Waals surface area contributed by atoms with E-state index in [1.165, 1.54) is 40.1 Å². The number of rotatable bonds is 10. The molecule has 5 aromatic rings. The predicted molar refractivity (Wildman–Crippen MR) is 168 cm³/mol. The number of aromatic nitrogens is 1. The Morgan fingerprint density at radius 1 is 0.727 bits per heavy atom. The highest BCUT2D eigenvalue weighted by Gasteiger charge is 2.28. The maximum Gasteiger partial charge on any atom is 0.355 e. The van der Waals surface area contributed by atoms with Crippen molar-refractivity contribution in [3.05, 3.63) is 100 Å². The van der Waals surface area contributed by atoms with Gasteiger partial charge in [0.05, 0.1) is 40.9 Å². The summed E-state index contributed by atoms with van der Waals surface area (Å²) < 4.78 is 35.2. The Bertz CT molecular complexity index is 1860. The molecule has 0 saturated carbocycles. The Kier molecular flexibility index (Phi) is 8.61. The molecule has 2 N–H and O–H groups in total. The van der Waals surface area contributed by atoms with Gasteiger partial charge >= 0.3 is 5.97 Å². The Morgan fingerprint density at radius 3 is 1.91 bits per heavy atom. The summed E-state index contributed by atoms with van der Waals surface area (Å²) in [7, 11) is 7.25. The van der Waals surface area contributed by atoms with Gasteiger partial charge in [0.25, 0.3) is 5.56 Å². The highest BCUT2D eigenvalue weighted by Crippen LogP contribution is 2.45. The van der Waals surface area contributed by atoms with Crippen molar-refractivity contribution >= 4 is 22.4 Å². The van der Waals surface area contributed by atoms with Crippen LogP contribution in [0.2, 0.25) is 0 Å². The fourth-order valence-corrected chi connectivity index (χ4v) is 5.09. The molecule has 0 fully saturated rings. The first-order chi connectivity index (χ1) is 21.3. The number of benzene rings is 4. The summed E-state index contributed by atoms with van der Waals surface area (Å²) in [5.41, 5.74) is 8.15. The molecule has 1 heterocycles. The first-order valence-corrected chi connectivity index (χ1v) is 13.6. The smallest absolute Gasteiger partial charge is 0.355 e. The Balaban J connectivity index is 1.92. The lowest BCUT2D eigenvalue weighted by atomic mass is 9.95. The summed E-state index contributed by atoms with van der Waals surface area (Å²) in [5, 5.41) is 0.683. The van der Waals surface area contributed by atoms with Crippen molar-refractivity contribution in [1.82, 2.24) is 4.57 Å². The number of carbonyl (C=O) groups is 1. The lowest BCUT2D eigenvalue weighted by molar-refractivity contribution is 0.0591. The molecule has 0 atom stereocenters. The van der Waals surface area contributed by atoms with E-state index >= 15 is 0 Å². The molecule has 0 aliphatic carbocycles. The molecule has 226 valence electrons. The Hall–Kier alpha value is -5.64. The molecule has 10 nitrogen and oxygen atoms in total. The van der Waals surface area contributed by atoms with Crippen molar-refractivity contribution in [2.24, 2.45) is 0 Å². The van der Waals surface area contributed by atoms with Crippen LogP contribution in [0.25, 0.3) is 27.6 Å². The molecule has 0 unspecified atom stereocenters. The third kappa shape index (κ3) is 5.45. The highest BCUT2D eigenvalue weighted by atomic mass is 16.5. The van der Waals surface area contributed by atoms with E-state index in [0.29, 0.717) is 56.6 Å². The van der Waals surface area contributed by atoms with E-state index in [4.69, 9.17) is 34.2 Å². The normalized spacial score (nSPS) is 10.8. The van der Waals surface area contributed by atoms with Gasteiger partial charge in [-0.05, 0) is 59.7 Å². The van der Waals surface area contributed by atoms with Crippen LogP contribution in [0.4, 0.5) is 5.69 Å². The maximum absolute atomic E-state index is 14.3. The van der Waals surface area contributed by atoms with Crippen LogP contribution in [0, 0.1) is 0 Å². The second-order valence-corrected chi connectivity index (χ2v) is 9.68. The lowest BCUT2D eigenvalue weighted by Gasteiger charge is -2.21. The zero-order valence-electron chi connectivity index (χ0n) is 25.0. The van der Waals surface area contributed by atoms with Crippen LogP contribution in [0.15, 0.2) is 83.7 Å². The fraction of sp³-hybridized carbons (Fsp3) is 0.176. The van der Waals surface area contributed by atoms with Gasteiger partial charge in [-0.1, -0.05) is 30.3 Å². The second kappa shape index (κ2) is 12.7. The molecule has 1 aromatic heterocycles. The number of hydrogen-bond acceptors (Lipinski definition) is 9. The lowest BCUT2D eigenvalue weighted by Crippen LogP contribution is -2.27. The number of methoxy groups -OCH3 is 5. The van der Waals surface area contributed by atoms with Crippen LogP contribution < -0.4 is 35.0 Å². The number of carbonyl (C=O) groups excluding carboxylic acids is 1. The molecular formula is C34H32N2O8. The van der Waals surface area contributed by atoms with E-state index in [1.807, 2.05) is 30.3 Å². The SMILES string of the molecule is COC(=O)c1c(-c2cc(OC)c(OC)c(OC)c2)c2cc(OCc3ccccc3)c(OC)cc2c(=O)n1-c1ccc(N)cc1. The molecule has 44 heavy (non-hydrogen) atoms. The zero-order chi connectivity index (χ0) is 31.4. The number of nitrogens with two attached hydrogens (primary N) is 1. The van der Waals surface area contributed by atoms with E-state index in [9.17, 15) is 9.59 Å². The van der Waals surface area contributed by atoms with Crippen molar-refractivity contribution in [2.45, 2.75) is 6.61 Å². The van der Waals surface area contributed by atoms with E-state index in [0.717, 1.165) is 5.56 Å². The van der Waals surface area contributed by atoms with Gasteiger partial charge in [0, 0.05) is 22.3 Å². The summed E-state index contributed by atoms with van der Waals surface area (Å²) >= 11 is 0. The van der Waals surface area contributed by atoms with Crippen molar-refractivity contribution in [2.75, 3.05) is 41.3 Å².